The van der Waals surface area contributed by atoms with E-state index in [0.717, 1.165) is 29.9 Å². The van der Waals surface area contributed by atoms with Crippen LogP contribution in [0.2, 0.25) is 0 Å². The summed E-state index contributed by atoms with van der Waals surface area (Å²) in [6, 6.07) is 11.2. The molecule has 1 unspecified atom stereocenters. The van der Waals surface area contributed by atoms with Crippen molar-refractivity contribution < 1.29 is 9.59 Å². The van der Waals surface area contributed by atoms with Gasteiger partial charge in [-0.1, -0.05) is 18.2 Å². The molecule has 1 N–H and O–H groups in total. The molecule has 2 amide bonds. The summed E-state index contributed by atoms with van der Waals surface area (Å²) in [5, 5.41) is 7.24. The Labute approximate surface area is 162 Å². The molecule has 3 aromatic rings. The Morgan fingerprint density at radius 1 is 1.14 bits per heavy atom. The molecule has 144 valence electrons. The third-order valence-corrected chi connectivity index (χ3v) is 4.93. The minimum Gasteiger partial charge on any atom is -0.335 e. The number of likely N-dealkylation sites (tertiary alicyclic amines) is 1. The number of carbonyl (C=O) groups excluding carboxylic acids is 2. The zero-order chi connectivity index (χ0) is 19.7. The normalized spacial score (nSPS) is 16.9. The van der Waals surface area contributed by atoms with Crippen molar-refractivity contribution in [1.82, 2.24) is 24.5 Å². The Bertz CT molecular complexity index is 1030. The van der Waals surface area contributed by atoms with Crippen LogP contribution in [0.15, 0.2) is 36.4 Å². The minimum absolute atomic E-state index is 0.0696. The van der Waals surface area contributed by atoms with Crippen LogP contribution in [0.25, 0.3) is 5.78 Å². The number of piperidine rings is 1. The lowest BCUT2D eigenvalue weighted by Crippen LogP contribution is -2.44. The van der Waals surface area contributed by atoms with E-state index in [-0.39, 0.29) is 23.6 Å². The van der Waals surface area contributed by atoms with Gasteiger partial charge in [0.15, 0.2) is 0 Å². The molecule has 1 atom stereocenters. The van der Waals surface area contributed by atoms with E-state index >= 15 is 0 Å². The smallest absolute Gasteiger partial charge is 0.293 e. The highest BCUT2D eigenvalue weighted by atomic mass is 16.2. The van der Waals surface area contributed by atoms with Crippen molar-refractivity contribution in [2.24, 2.45) is 5.92 Å². The van der Waals surface area contributed by atoms with Crippen LogP contribution >= 0.6 is 0 Å². The summed E-state index contributed by atoms with van der Waals surface area (Å²) < 4.78 is 1.57. The van der Waals surface area contributed by atoms with Crippen molar-refractivity contribution in [3.8, 4) is 0 Å². The van der Waals surface area contributed by atoms with E-state index in [2.05, 4.69) is 20.4 Å². The van der Waals surface area contributed by atoms with E-state index in [1.165, 1.54) is 0 Å². The van der Waals surface area contributed by atoms with Crippen molar-refractivity contribution in [3.63, 3.8) is 0 Å². The predicted molar refractivity (Wildman–Crippen MR) is 104 cm³/mol. The van der Waals surface area contributed by atoms with Crippen LogP contribution in [0, 0.1) is 19.8 Å². The van der Waals surface area contributed by atoms with Crippen LogP contribution in [0.1, 0.15) is 34.8 Å². The van der Waals surface area contributed by atoms with E-state index in [4.69, 9.17) is 0 Å². The van der Waals surface area contributed by atoms with Gasteiger partial charge in [-0.05, 0) is 44.9 Å². The molecule has 0 spiro atoms. The highest BCUT2D eigenvalue weighted by Crippen LogP contribution is 2.20. The number of anilines is 1. The van der Waals surface area contributed by atoms with Crippen molar-refractivity contribution in [3.05, 3.63) is 53.6 Å². The molecule has 8 heteroatoms. The number of nitrogens with zero attached hydrogens (tertiary/aromatic N) is 5. The third kappa shape index (κ3) is 3.58. The number of hydrogen-bond acceptors (Lipinski definition) is 5. The Balaban J connectivity index is 1.49. The van der Waals surface area contributed by atoms with E-state index in [1.54, 1.807) is 9.42 Å². The van der Waals surface area contributed by atoms with Crippen LogP contribution < -0.4 is 5.32 Å². The van der Waals surface area contributed by atoms with E-state index < -0.39 is 0 Å². The van der Waals surface area contributed by atoms with Crippen molar-refractivity contribution in [1.29, 1.82) is 0 Å². The fourth-order valence-electron chi connectivity index (χ4n) is 3.54. The maximum atomic E-state index is 12.9. The highest BCUT2D eigenvalue weighted by molar-refractivity contribution is 5.94. The van der Waals surface area contributed by atoms with Gasteiger partial charge >= 0.3 is 0 Å². The second-order valence-electron chi connectivity index (χ2n) is 7.13. The van der Waals surface area contributed by atoms with Crippen molar-refractivity contribution in [2.45, 2.75) is 26.7 Å². The molecule has 0 radical (unpaired) electrons. The predicted octanol–water partition coefficient (Wildman–Crippen LogP) is 2.23. The number of carbonyl (C=O) groups is 2. The lowest BCUT2D eigenvalue weighted by atomic mass is 9.97. The molecule has 1 fully saturated rings. The van der Waals surface area contributed by atoms with Gasteiger partial charge < -0.3 is 10.2 Å². The first-order valence-electron chi connectivity index (χ1n) is 9.37. The second-order valence-corrected chi connectivity index (χ2v) is 7.13. The van der Waals surface area contributed by atoms with Gasteiger partial charge in [-0.25, -0.2) is 9.50 Å². The fraction of sp³-hybridized carbons (Fsp3) is 0.350. The molecular weight excluding hydrogens is 356 g/mol. The first-order chi connectivity index (χ1) is 13.5. The molecule has 0 bridgehead atoms. The molecule has 8 nitrogen and oxygen atoms in total. The number of nitrogens with one attached hydrogen (secondary N) is 1. The number of aryl methyl sites for hydroxylation is 2. The summed E-state index contributed by atoms with van der Waals surface area (Å²) in [7, 11) is 0. The lowest BCUT2D eigenvalue weighted by Gasteiger charge is -2.31. The van der Waals surface area contributed by atoms with Crippen LogP contribution in [0.3, 0.4) is 0 Å². The first-order valence-corrected chi connectivity index (χ1v) is 9.37. The number of benzene rings is 1. The van der Waals surface area contributed by atoms with Gasteiger partial charge in [0.05, 0.1) is 5.92 Å². The van der Waals surface area contributed by atoms with Gasteiger partial charge in [0.25, 0.3) is 11.7 Å². The van der Waals surface area contributed by atoms with Gasteiger partial charge in [0.2, 0.25) is 11.7 Å². The van der Waals surface area contributed by atoms with Gasteiger partial charge in [0, 0.05) is 30.2 Å². The van der Waals surface area contributed by atoms with Crippen molar-refractivity contribution in [2.75, 3.05) is 18.4 Å². The summed E-state index contributed by atoms with van der Waals surface area (Å²) in [5.41, 5.74) is 2.45. The zero-order valence-electron chi connectivity index (χ0n) is 15.9. The number of fused-ring (bicyclic) bond motifs is 1. The molecule has 2 aromatic heterocycles. The van der Waals surface area contributed by atoms with Crippen LogP contribution in [-0.4, -0.2) is 49.4 Å². The average Bonchev–Trinajstić information content (AvgIpc) is 3.12. The monoisotopic (exact) mass is 378 g/mol. The van der Waals surface area contributed by atoms with Crippen LogP contribution in [-0.2, 0) is 4.79 Å². The summed E-state index contributed by atoms with van der Waals surface area (Å²) in [4.78, 5) is 35.8. The topological polar surface area (TPSA) is 92.5 Å². The average molecular weight is 378 g/mol. The van der Waals surface area contributed by atoms with Gasteiger partial charge in [0.1, 0.15) is 0 Å². The van der Waals surface area contributed by atoms with Crippen LogP contribution in [0.5, 0.6) is 0 Å². The summed E-state index contributed by atoms with van der Waals surface area (Å²) in [5.74, 6) is -0.0573. The molecule has 28 heavy (non-hydrogen) atoms. The second kappa shape index (κ2) is 7.38. The van der Waals surface area contributed by atoms with Gasteiger partial charge in [-0.3, -0.25) is 9.59 Å². The molecule has 3 heterocycles. The molecule has 0 aliphatic carbocycles. The number of amides is 2. The number of aromatic nitrogens is 4. The van der Waals surface area contributed by atoms with E-state index in [0.29, 0.717) is 18.9 Å². The van der Waals surface area contributed by atoms with Crippen molar-refractivity contribution >= 4 is 23.3 Å². The minimum atomic E-state index is -0.264. The summed E-state index contributed by atoms with van der Waals surface area (Å²) >= 11 is 0. The molecule has 0 saturated carbocycles. The summed E-state index contributed by atoms with van der Waals surface area (Å²) in [6.45, 7) is 4.73. The quantitative estimate of drug-likeness (QED) is 0.754. The number of para-hydroxylation sites is 1. The fourth-order valence-corrected chi connectivity index (χ4v) is 3.54. The lowest BCUT2D eigenvalue weighted by molar-refractivity contribution is -0.121. The Morgan fingerprint density at radius 3 is 2.71 bits per heavy atom. The largest absolute Gasteiger partial charge is 0.335 e. The highest BCUT2D eigenvalue weighted by Gasteiger charge is 2.30. The van der Waals surface area contributed by atoms with Gasteiger partial charge in [-0.2, -0.15) is 4.98 Å². The Hall–Kier alpha value is -3.29. The number of hydrogen-bond donors (Lipinski definition) is 1. The third-order valence-electron chi connectivity index (χ3n) is 4.93. The van der Waals surface area contributed by atoms with Gasteiger partial charge in [-0.15, -0.1) is 5.10 Å². The molecule has 1 saturated heterocycles. The summed E-state index contributed by atoms with van der Waals surface area (Å²) in [6.07, 6.45) is 1.52. The molecule has 1 aromatic carbocycles. The Morgan fingerprint density at radius 2 is 1.93 bits per heavy atom. The van der Waals surface area contributed by atoms with E-state index in [9.17, 15) is 9.59 Å². The SMILES string of the molecule is Cc1cc(C)n2nc(C(=O)N3CCCC(C(=O)Nc4ccccc4)C3)nc2n1. The van der Waals surface area contributed by atoms with E-state index in [1.807, 2.05) is 50.2 Å². The molecular formula is C20H22N6O2. The maximum Gasteiger partial charge on any atom is 0.293 e. The molecule has 1 aliphatic rings. The number of rotatable bonds is 3. The standard InChI is InChI=1S/C20H22N6O2/c1-13-11-14(2)26-20(21-13)23-17(24-26)19(28)25-10-6-7-15(12-25)18(27)22-16-8-4-3-5-9-16/h3-5,8-9,11,15H,6-7,10,12H2,1-2H3,(H,22,27). The molecule has 4 rings (SSSR count). The maximum absolute atomic E-state index is 12.9. The molecule has 1 aliphatic heterocycles. The first kappa shape index (κ1) is 18.1. The zero-order valence-corrected chi connectivity index (χ0v) is 15.9. The van der Waals surface area contributed by atoms with Crippen LogP contribution in [0.4, 0.5) is 5.69 Å². The Kier molecular flexibility index (Phi) is 4.77.